The summed E-state index contributed by atoms with van der Waals surface area (Å²) in [5.41, 5.74) is 2.11. The molecule has 0 saturated heterocycles. The zero-order chi connectivity index (χ0) is 20.7. The molecule has 0 atom stereocenters. The van der Waals surface area contributed by atoms with Gasteiger partial charge in [0, 0.05) is 25.7 Å². The average molecular weight is 544 g/mol. The maximum absolute atomic E-state index is 11.3. The third-order valence-electron chi connectivity index (χ3n) is 4.77. The normalized spacial score (nSPS) is 14.0. The van der Waals surface area contributed by atoms with E-state index in [-0.39, 0.29) is 28.9 Å². The molecule has 0 spiro atoms. The number of benzene rings is 2. The van der Waals surface area contributed by atoms with Gasteiger partial charge in [-0.2, -0.15) is 0 Å². The molecule has 0 aliphatic heterocycles. The molecule has 1 fully saturated rings. The van der Waals surface area contributed by atoms with Crippen molar-refractivity contribution in [2.75, 3.05) is 20.2 Å². The van der Waals surface area contributed by atoms with Crippen LogP contribution in [-0.4, -0.2) is 34.6 Å². The van der Waals surface area contributed by atoms with Gasteiger partial charge in [-0.15, -0.1) is 24.0 Å². The van der Waals surface area contributed by atoms with E-state index in [0.717, 1.165) is 29.9 Å². The number of para-hydroxylation sites is 1. The molecule has 7 nitrogen and oxygen atoms in total. The van der Waals surface area contributed by atoms with Crippen LogP contribution in [0.5, 0.6) is 5.75 Å². The molecule has 2 aromatic rings. The van der Waals surface area contributed by atoms with Gasteiger partial charge in [0.25, 0.3) is 0 Å². The molecule has 164 valence electrons. The second-order valence-electron chi connectivity index (χ2n) is 7.15. The first-order chi connectivity index (χ1) is 14.0. The zero-order valence-corrected chi connectivity index (χ0v) is 20.2. The van der Waals surface area contributed by atoms with E-state index in [0.29, 0.717) is 25.0 Å². The van der Waals surface area contributed by atoms with Crippen molar-refractivity contribution >= 4 is 40.0 Å². The fraction of sp³-hybridized carbons (Fsp3) is 0.381. The van der Waals surface area contributed by atoms with Gasteiger partial charge >= 0.3 is 0 Å². The van der Waals surface area contributed by atoms with E-state index in [1.165, 1.54) is 25.0 Å². The summed E-state index contributed by atoms with van der Waals surface area (Å²) in [4.78, 5) is 4.37. The van der Waals surface area contributed by atoms with Crippen LogP contribution in [0.25, 0.3) is 0 Å². The van der Waals surface area contributed by atoms with E-state index in [4.69, 9.17) is 9.88 Å². The number of nitrogens with two attached hydrogens (primary N) is 1. The third kappa shape index (κ3) is 7.77. The van der Waals surface area contributed by atoms with Gasteiger partial charge in [0.2, 0.25) is 10.0 Å². The zero-order valence-electron chi connectivity index (χ0n) is 17.0. The Balaban J connectivity index is 0.00000320. The van der Waals surface area contributed by atoms with Crippen LogP contribution in [0.3, 0.4) is 0 Å². The molecule has 1 saturated carbocycles. The second kappa shape index (κ2) is 11.5. The highest BCUT2D eigenvalue weighted by Gasteiger charge is 2.22. The number of guanidine groups is 1. The average Bonchev–Trinajstić information content (AvgIpc) is 3.54. The number of sulfonamides is 1. The van der Waals surface area contributed by atoms with Crippen LogP contribution in [0.1, 0.15) is 24.0 Å². The predicted molar refractivity (Wildman–Crippen MR) is 130 cm³/mol. The molecular weight excluding hydrogens is 515 g/mol. The Bertz CT molecular complexity index is 945. The maximum Gasteiger partial charge on any atom is 0.238 e. The Labute approximate surface area is 195 Å². The highest BCUT2D eigenvalue weighted by Crippen LogP contribution is 2.30. The van der Waals surface area contributed by atoms with E-state index in [9.17, 15) is 8.42 Å². The molecule has 0 unspecified atom stereocenters. The first kappa shape index (κ1) is 24.4. The fourth-order valence-corrected chi connectivity index (χ4v) is 3.37. The Morgan fingerprint density at radius 1 is 1.13 bits per heavy atom. The van der Waals surface area contributed by atoms with Crippen LogP contribution in [0.2, 0.25) is 0 Å². The van der Waals surface area contributed by atoms with Gasteiger partial charge in [-0.3, -0.25) is 4.99 Å². The number of nitrogens with one attached hydrogen (secondary N) is 2. The topological polar surface area (TPSA) is 106 Å². The third-order valence-corrected chi connectivity index (χ3v) is 5.70. The molecule has 0 amide bonds. The summed E-state index contributed by atoms with van der Waals surface area (Å²) in [5.74, 6) is 2.32. The number of nitrogens with zero attached hydrogens (tertiary/aromatic N) is 1. The lowest BCUT2D eigenvalue weighted by Gasteiger charge is -2.15. The standard InChI is InChI=1S/C21H28N4O3S.HI/c1-23-21(24-13-12-16-8-10-19(11-9-16)29(22,26)27)25-14-18-4-2-3-5-20(18)28-15-17-6-7-17;/h2-5,8-11,17H,6-7,12-15H2,1H3,(H2,22,26,27)(H2,23,24,25);1H. The Morgan fingerprint density at radius 2 is 1.83 bits per heavy atom. The molecule has 30 heavy (non-hydrogen) atoms. The summed E-state index contributed by atoms with van der Waals surface area (Å²) in [6.45, 7) is 2.06. The molecule has 1 aliphatic rings. The van der Waals surface area contributed by atoms with Crippen molar-refractivity contribution in [3.8, 4) is 5.75 Å². The number of rotatable bonds is 9. The van der Waals surface area contributed by atoms with Gasteiger partial charge in [0.05, 0.1) is 11.5 Å². The minimum absolute atomic E-state index is 0. The SMILES string of the molecule is CN=C(NCCc1ccc(S(N)(=O)=O)cc1)NCc1ccccc1OCC1CC1.I. The summed E-state index contributed by atoms with van der Waals surface area (Å²) in [5, 5.41) is 11.7. The number of hydrogen-bond donors (Lipinski definition) is 3. The molecule has 0 bridgehead atoms. The van der Waals surface area contributed by atoms with Crippen LogP contribution in [0.15, 0.2) is 58.4 Å². The lowest BCUT2D eigenvalue weighted by molar-refractivity contribution is 0.296. The summed E-state index contributed by atoms with van der Waals surface area (Å²) in [6, 6.07) is 14.6. The van der Waals surface area contributed by atoms with Gasteiger partial charge in [0.15, 0.2) is 5.96 Å². The van der Waals surface area contributed by atoms with E-state index in [1.807, 2.05) is 18.2 Å². The van der Waals surface area contributed by atoms with Gasteiger partial charge in [0.1, 0.15) is 5.75 Å². The number of aliphatic imine (C=N–C) groups is 1. The molecule has 9 heteroatoms. The lowest BCUT2D eigenvalue weighted by Crippen LogP contribution is -2.37. The molecule has 4 N–H and O–H groups in total. The molecule has 1 aliphatic carbocycles. The van der Waals surface area contributed by atoms with Crippen molar-refractivity contribution in [2.24, 2.45) is 16.0 Å². The van der Waals surface area contributed by atoms with Crippen LogP contribution >= 0.6 is 24.0 Å². The molecule has 3 rings (SSSR count). The summed E-state index contributed by atoms with van der Waals surface area (Å²) in [6.07, 6.45) is 3.26. The van der Waals surface area contributed by atoms with Gasteiger partial charge in [-0.05, 0) is 48.9 Å². The molecule has 0 heterocycles. The summed E-state index contributed by atoms with van der Waals surface area (Å²) in [7, 11) is -1.93. The second-order valence-corrected chi connectivity index (χ2v) is 8.72. The van der Waals surface area contributed by atoms with Crippen LogP contribution < -0.4 is 20.5 Å². The van der Waals surface area contributed by atoms with Crippen molar-refractivity contribution < 1.29 is 13.2 Å². The first-order valence-electron chi connectivity index (χ1n) is 9.72. The fourth-order valence-electron chi connectivity index (χ4n) is 2.85. The minimum Gasteiger partial charge on any atom is -0.493 e. The van der Waals surface area contributed by atoms with E-state index in [1.54, 1.807) is 19.2 Å². The van der Waals surface area contributed by atoms with Crippen LogP contribution in [0.4, 0.5) is 0 Å². The molecular formula is C21H29IN4O3S. The van der Waals surface area contributed by atoms with Gasteiger partial charge in [-0.1, -0.05) is 30.3 Å². The number of ether oxygens (including phenoxy) is 1. The lowest BCUT2D eigenvalue weighted by atomic mass is 10.1. The van der Waals surface area contributed by atoms with Crippen LogP contribution in [0, 0.1) is 5.92 Å². The van der Waals surface area contributed by atoms with E-state index in [2.05, 4.69) is 21.7 Å². The largest absolute Gasteiger partial charge is 0.493 e. The Morgan fingerprint density at radius 3 is 2.47 bits per heavy atom. The number of hydrogen-bond acceptors (Lipinski definition) is 4. The van der Waals surface area contributed by atoms with Crippen molar-refractivity contribution in [2.45, 2.75) is 30.7 Å². The highest BCUT2D eigenvalue weighted by atomic mass is 127. The van der Waals surface area contributed by atoms with Crippen molar-refractivity contribution in [3.63, 3.8) is 0 Å². The minimum atomic E-state index is -3.66. The molecule has 0 aromatic heterocycles. The van der Waals surface area contributed by atoms with Gasteiger partial charge in [-0.25, -0.2) is 13.6 Å². The van der Waals surface area contributed by atoms with Gasteiger partial charge < -0.3 is 15.4 Å². The molecule has 2 aromatic carbocycles. The van der Waals surface area contributed by atoms with Crippen molar-refractivity contribution in [1.29, 1.82) is 0 Å². The highest BCUT2D eigenvalue weighted by molar-refractivity contribution is 14.0. The molecule has 0 radical (unpaired) electrons. The number of primary sulfonamides is 1. The van der Waals surface area contributed by atoms with Crippen molar-refractivity contribution in [1.82, 2.24) is 10.6 Å². The Hall–Kier alpha value is -1.85. The maximum atomic E-state index is 11.3. The monoisotopic (exact) mass is 544 g/mol. The summed E-state index contributed by atoms with van der Waals surface area (Å²) >= 11 is 0. The first-order valence-corrected chi connectivity index (χ1v) is 11.3. The number of halogens is 1. The smallest absolute Gasteiger partial charge is 0.238 e. The predicted octanol–water partition coefficient (Wildman–Crippen LogP) is 2.65. The Kier molecular flexibility index (Phi) is 9.37. The van der Waals surface area contributed by atoms with E-state index >= 15 is 0 Å². The van der Waals surface area contributed by atoms with E-state index < -0.39 is 10.0 Å². The summed E-state index contributed by atoms with van der Waals surface area (Å²) < 4.78 is 28.6. The van der Waals surface area contributed by atoms with Crippen LogP contribution in [-0.2, 0) is 23.0 Å². The van der Waals surface area contributed by atoms with Crippen molar-refractivity contribution in [3.05, 3.63) is 59.7 Å². The quantitative estimate of drug-likeness (QED) is 0.256.